The number of rotatable bonds is 4. The normalized spacial score (nSPS) is 9.82. The maximum atomic E-state index is 11.7. The highest BCUT2D eigenvalue weighted by Gasteiger charge is 2.14. The van der Waals surface area contributed by atoms with Crippen LogP contribution in [0.2, 0.25) is 0 Å². The average Bonchev–Trinajstić information content (AvgIpc) is 2.54. The van der Waals surface area contributed by atoms with Crippen LogP contribution in [0.3, 0.4) is 0 Å². The average molecular weight is 300 g/mol. The van der Waals surface area contributed by atoms with Gasteiger partial charge in [-0.1, -0.05) is 0 Å². The van der Waals surface area contributed by atoms with Crippen LogP contribution in [-0.4, -0.2) is 21.7 Å². The van der Waals surface area contributed by atoms with Gasteiger partial charge in [0.2, 0.25) is 0 Å². The topological polar surface area (TPSA) is 114 Å². The molecular weight excluding hydrogens is 288 g/mol. The van der Waals surface area contributed by atoms with Gasteiger partial charge in [-0.15, -0.1) is 0 Å². The molecule has 0 saturated carbocycles. The third kappa shape index (κ3) is 4.10. The molecule has 2 amide bonds. The molecule has 0 saturated heterocycles. The van der Waals surface area contributed by atoms with Crippen molar-refractivity contribution in [2.75, 3.05) is 5.32 Å². The Hall–Kier alpha value is -3.29. The number of benzene rings is 1. The van der Waals surface area contributed by atoms with Gasteiger partial charge in [0.1, 0.15) is 0 Å². The molecule has 1 aromatic heterocycles. The van der Waals surface area contributed by atoms with Gasteiger partial charge < -0.3 is 10.6 Å². The summed E-state index contributed by atoms with van der Waals surface area (Å²) in [6.07, 6.45) is 3.16. The molecule has 22 heavy (non-hydrogen) atoms. The van der Waals surface area contributed by atoms with Crippen molar-refractivity contribution in [2.24, 2.45) is 0 Å². The summed E-state index contributed by atoms with van der Waals surface area (Å²) in [6, 6.07) is 8.62. The number of hydrogen-bond acceptors (Lipinski definition) is 5. The molecule has 2 rings (SSSR count). The molecule has 0 radical (unpaired) electrons. The maximum absolute atomic E-state index is 11.7. The first-order valence-electron chi connectivity index (χ1n) is 6.29. The van der Waals surface area contributed by atoms with E-state index in [0.717, 1.165) is 5.56 Å². The minimum absolute atomic E-state index is 0.0971. The van der Waals surface area contributed by atoms with E-state index in [1.807, 2.05) is 0 Å². The summed E-state index contributed by atoms with van der Waals surface area (Å²) in [6.45, 7) is 0.203. The summed E-state index contributed by atoms with van der Waals surface area (Å²) < 4.78 is 0. The number of anilines is 1. The van der Waals surface area contributed by atoms with Gasteiger partial charge in [-0.2, -0.15) is 0 Å². The second-order valence-corrected chi connectivity index (χ2v) is 4.30. The zero-order valence-corrected chi connectivity index (χ0v) is 11.4. The van der Waals surface area contributed by atoms with Crippen LogP contribution in [0.1, 0.15) is 5.56 Å². The van der Waals surface area contributed by atoms with Crippen molar-refractivity contribution in [3.8, 4) is 0 Å². The fourth-order valence-electron chi connectivity index (χ4n) is 1.62. The van der Waals surface area contributed by atoms with Crippen LogP contribution < -0.4 is 10.6 Å². The summed E-state index contributed by atoms with van der Waals surface area (Å²) in [5.74, 6) is -1.64. The van der Waals surface area contributed by atoms with Crippen molar-refractivity contribution in [2.45, 2.75) is 6.54 Å². The second-order valence-electron chi connectivity index (χ2n) is 4.30. The van der Waals surface area contributed by atoms with E-state index in [2.05, 4.69) is 15.6 Å². The zero-order chi connectivity index (χ0) is 15.9. The van der Waals surface area contributed by atoms with E-state index in [1.165, 1.54) is 24.3 Å². The monoisotopic (exact) mass is 300 g/mol. The first-order valence-corrected chi connectivity index (χ1v) is 6.29. The standard InChI is InChI=1S/C14H12N4O4/c19-13(16-9-10-5-7-15-8-6-10)14(20)17-11-1-3-12(4-2-11)18(21)22/h1-8H,9H2,(H,16,19)(H,17,20). The van der Waals surface area contributed by atoms with Crippen LogP contribution in [0.25, 0.3) is 0 Å². The van der Waals surface area contributed by atoms with Crippen molar-refractivity contribution >= 4 is 23.2 Å². The van der Waals surface area contributed by atoms with Gasteiger partial charge >= 0.3 is 11.8 Å². The molecule has 8 nitrogen and oxygen atoms in total. The Morgan fingerprint density at radius 2 is 1.68 bits per heavy atom. The smallest absolute Gasteiger partial charge is 0.313 e. The van der Waals surface area contributed by atoms with E-state index < -0.39 is 16.7 Å². The number of nitrogens with zero attached hydrogens (tertiary/aromatic N) is 2. The number of non-ortho nitro benzene ring substituents is 1. The number of aromatic nitrogens is 1. The second kappa shape index (κ2) is 6.93. The number of amides is 2. The minimum Gasteiger partial charge on any atom is -0.344 e. The van der Waals surface area contributed by atoms with E-state index in [4.69, 9.17) is 0 Å². The van der Waals surface area contributed by atoms with Crippen LogP contribution in [0, 0.1) is 10.1 Å². The van der Waals surface area contributed by atoms with E-state index in [1.54, 1.807) is 24.5 Å². The van der Waals surface area contributed by atoms with Crippen LogP contribution in [-0.2, 0) is 16.1 Å². The van der Waals surface area contributed by atoms with E-state index in [9.17, 15) is 19.7 Å². The number of nitro benzene ring substituents is 1. The predicted octanol–water partition coefficient (Wildman–Crippen LogP) is 1.24. The molecule has 1 aromatic carbocycles. The largest absolute Gasteiger partial charge is 0.344 e. The number of pyridine rings is 1. The molecule has 0 aliphatic heterocycles. The summed E-state index contributed by atoms with van der Waals surface area (Å²) in [5, 5.41) is 15.3. The summed E-state index contributed by atoms with van der Waals surface area (Å²) in [4.78, 5) is 37.1. The molecule has 0 unspecified atom stereocenters. The van der Waals surface area contributed by atoms with Crippen molar-refractivity contribution in [3.63, 3.8) is 0 Å². The van der Waals surface area contributed by atoms with Gasteiger partial charge in [0, 0.05) is 36.8 Å². The molecular formula is C14H12N4O4. The number of carbonyl (C=O) groups is 2. The molecule has 0 bridgehead atoms. The Morgan fingerprint density at radius 1 is 1.05 bits per heavy atom. The van der Waals surface area contributed by atoms with Crippen LogP contribution >= 0.6 is 0 Å². The first kappa shape index (κ1) is 15.1. The van der Waals surface area contributed by atoms with E-state index in [-0.39, 0.29) is 12.2 Å². The Bertz CT molecular complexity index is 686. The Kier molecular flexibility index (Phi) is 4.76. The molecule has 0 aliphatic carbocycles. The molecule has 0 atom stereocenters. The lowest BCUT2D eigenvalue weighted by atomic mass is 10.2. The summed E-state index contributed by atoms with van der Waals surface area (Å²) in [5.41, 5.74) is 1.02. The SMILES string of the molecule is O=C(NCc1ccncc1)C(=O)Nc1ccc([N+](=O)[O-])cc1. The predicted molar refractivity (Wildman–Crippen MR) is 77.8 cm³/mol. The molecule has 2 aromatic rings. The first-order chi connectivity index (χ1) is 10.6. The van der Waals surface area contributed by atoms with E-state index in [0.29, 0.717) is 5.69 Å². The molecule has 1 heterocycles. The lowest BCUT2D eigenvalue weighted by Crippen LogP contribution is -2.34. The lowest BCUT2D eigenvalue weighted by Gasteiger charge is -2.06. The van der Waals surface area contributed by atoms with Gasteiger partial charge in [0.25, 0.3) is 5.69 Å². The van der Waals surface area contributed by atoms with Gasteiger partial charge in [0.05, 0.1) is 4.92 Å². The highest BCUT2D eigenvalue weighted by atomic mass is 16.6. The van der Waals surface area contributed by atoms with E-state index >= 15 is 0 Å². The lowest BCUT2D eigenvalue weighted by molar-refractivity contribution is -0.384. The number of hydrogen-bond donors (Lipinski definition) is 2. The van der Waals surface area contributed by atoms with Crippen molar-refractivity contribution in [1.82, 2.24) is 10.3 Å². The quantitative estimate of drug-likeness (QED) is 0.501. The fraction of sp³-hybridized carbons (Fsp3) is 0.0714. The molecule has 112 valence electrons. The summed E-state index contributed by atoms with van der Waals surface area (Å²) >= 11 is 0. The van der Waals surface area contributed by atoms with Crippen molar-refractivity contribution < 1.29 is 14.5 Å². The third-order valence-electron chi connectivity index (χ3n) is 2.74. The zero-order valence-electron chi connectivity index (χ0n) is 11.4. The van der Waals surface area contributed by atoms with Crippen LogP contribution in [0.15, 0.2) is 48.8 Å². The van der Waals surface area contributed by atoms with Gasteiger partial charge in [-0.05, 0) is 29.8 Å². The van der Waals surface area contributed by atoms with Crippen LogP contribution in [0.4, 0.5) is 11.4 Å². The highest BCUT2D eigenvalue weighted by Crippen LogP contribution is 2.15. The Balaban J connectivity index is 1.88. The highest BCUT2D eigenvalue weighted by molar-refractivity contribution is 6.39. The van der Waals surface area contributed by atoms with Gasteiger partial charge in [-0.25, -0.2) is 0 Å². The van der Waals surface area contributed by atoms with Crippen molar-refractivity contribution in [1.29, 1.82) is 0 Å². The number of nitro groups is 1. The molecule has 2 N–H and O–H groups in total. The molecule has 0 fully saturated rings. The third-order valence-corrected chi connectivity index (χ3v) is 2.74. The number of carbonyl (C=O) groups excluding carboxylic acids is 2. The molecule has 0 aliphatic rings. The Labute approximate surface area is 125 Å². The summed E-state index contributed by atoms with van der Waals surface area (Å²) in [7, 11) is 0. The maximum Gasteiger partial charge on any atom is 0.313 e. The Morgan fingerprint density at radius 3 is 2.27 bits per heavy atom. The van der Waals surface area contributed by atoms with Crippen molar-refractivity contribution in [3.05, 3.63) is 64.5 Å². The molecule has 0 spiro atoms. The van der Waals surface area contributed by atoms with Gasteiger partial charge in [0.15, 0.2) is 0 Å². The minimum atomic E-state index is -0.845. The van der Waals surface area contributed by atoms with Gasteiger partial charge in [-0.3, -0.25) is 24.7 Å². The van der Waals surface area contributed by atoms with Crippen LogP contribution in [0.5, 0.6) is 0 Å². The number of nitrogens with one attached hydrogen (secondary N) is 2. The molecule has 8 heteroatoms. The fourth-order valence-corrected chi connectivity index (χ4v) is 1.62.